The van der Waals surface area contributed by atoms with Gasteiger partial charge < -0.3 is 15.1 Å². The van der Waals surface area contributed by atoms with Crippen LogP contribution in [-0.4, -0.2) is 47.4 Å². The van der Waals surface area contributed by atoms with Gasteiger partial charge in [-0.25, -0.2) is 4.79 Å². The Balaban J connectivity index is 1.94. The van der Waals surface area contributed by atoms with Crippen molar-refractivity contribution in [2.75, 3.05) is 19.6 Å². The van der Waals surface area contributed by atoms with Crippen molar-refractivity contribution in [1.29, 1.82) is 0 Å². The van der Waals surface area contributed by atoms with Crippen LogP contribution < -0.4 is 5.32 Å². The quantitative estimate of drug-likeness (QED) is 0.907. The molecule has 0 saturated carbocycles. The minimum absolute atomic E-state index is 0.0256. The second kappa shape index (κ2) is 7.82. The van der Waals surface area contributed by atoms with Gasteiger partial charge in [0.1, 0.15) is 6.04 Å². The minimum atomic E-state index is -0.336. The van der Waals surface area contributed by atoms with Crippen LogP contribution in [-0.2, 0) is 11.3 Å². The fourth-order valence-corrected chi connectivity index (χ4v) is 2.85. The van der Waals surface area contributed by atoms with Gasteiger partial charge in [0.2, 0.25) is 5.91 Å². The number of hydrogen-bond acceptors (Lipinski definition) is 2. The lowest BCUT2D eigenvalue weighted by molar-refractivity contribution is -0.125. The third-order valence-corrected chi connectivity index (χ3v) is 4.14. The van der Waals surface area contributed by atoms with Gasteiger partial charge in [0.25, 0.3) is 0 Å². The maximum Gasteiger partial charge on any atom is 0.320 e. The molecule has 22 heavy (non-hydrogen) atoms. The Labute approximate surface area is 132 Å². The third kappa shape index (κ3) is 3.78. The molecular weight excluding hydrogens is 278 g/mol. The summed E-state index contributed by atoms with van der Waals surface area (Å²) in [6.07, 6.45) is 1.63. The molecule has 0 aromatic heterocycles. The van der Waals surface area contributed by atoms with Crippen molar-refractivity contribution in [3.63, 3.8) is 0 Å². The van der Waals surface area contributed by atoms with E-state index in [1.807, 2.05) is 44.2 Å². The SMILES string of the molecule is CCN(CC)C(=O)N1CCC[C@@H]1C(=O)NCc1ccccc1. The number of benzene rings is 1. The molecule has 1 aromatic carbocycles. The Morgan fingerprint density at radius 3 is 2.55 bits per heavy atom. The predicted molar refractivity (Wildman–Crippen MR) is 86.3 cm³/mol. The van der Waals surface area contributed by atoms with E-state index in [-0.39, 0.29) is 18.0 Å². The summed E-state index contributed by atoms with van der Waals surface area (Å²) in [6, 6.07) is 9.45. The van der Waals surface area contributed by atoms with Gasteiger partial charge in [0, 0.05) is 26.2 Å². The van der Waals surface area contributed by atoms with Crippen LogP contribution >= 0.6 is 0 Å². The van der Waals surface area contributed by atoms with Crippen LogP contribution in [0.5, 0.6) is 0 Å². The maximum atomic E-state index is 12.5. The summed E-state index contributed by atoms with van der Waals surface area (Å²) >= 11 is 0. The van der Waals surface area contributed by atoms with Crippen molar-refractivity contribution in [1.82, 2.24) is 15.1 Å². The van der Waals surface area contributed by atoms with E-state index in [1.165, 1.54) is 0 Å². The summed E-state index contributed by atoms with van der Waals surface area (Å²) in [7, 11) is 0. The Kier molecular flexibility index (Phi) is 5.81. The molecule has 1 saturated heterocycles. The number of carbonyl (C=O) groups excluding carboxylic acids is 2. The Morgan fingerprint density at radius 1 is 1.23 bits per heavy atom. The normalized spacial score (nSPS) is 17.4. The van der Waals surface area contributed by atoms with Gasteiger partial charge in [-0.2, -0.15) is 0 Å². The van der Waals surface area contributed by atoms with Crippen molar-refractivity contribution < 1.29 is 9.59 Å². The highest BCUT2D eigenvalue weighted by Crippen LogP contribution is 2.19. The first-order valence-corrected chi connectivity index (χ1v) is 8.04. The molecule has 120 valence electrons. The molecule has 1 fully saturated rings. The van der Waals surface area contributed by atoms with Crippen LogP contribution in [0, 0.1) is 0 Å². The molecule has 1 aliphatic heterocycles. The van der Waals surface area contributed by atoms with Crippen LogP contribution in [0.2, 0.25) is 0 Å². The molecule has 3 amide bonds. The largest absolute Gasteiger partial charge is 0.350 e. The maximum absolute atomic E-state index is 12.5. The van der Waals surface area contributed by atoms with E-state index < -0.39 is 0 Å². The van der Waals surface area contributed by atoms with Crippen molar-refractivity contribution >= 4 is 11.9 Å². The van der Waals surface area contributed by atoms with Crippen molar-refractivity contribution in [2.24, 2.45) is 0 Å². The molecule has 1 aliphatic rings. The first-order valence-electron chi connectivity index (χ1n) is 8.04. The zero-order chi connectivity index (χ0) is 15.9. The first-order chi connectivity index (χ1) is 10.7. The van der Waals surface area contributed by atoms with E-state index in [2.05, 4.69) is 5.32 Å². The van der Waals surface area contributed by atoms with Crippen LogP contribution in [0.1, 0.15) is 32.3 Å². The van der Waals surface area contributed by atoms with E-state index >= 15 is 0 Å². The molecule has 2 rings (SSSR count). The number of urea groups is 1. The molecule has 5 nitrogen and oxygen atoms in total. The molecule has 0 aliphatic carbocycles. The monoisotopic (exact) mass is 303 g/mol. The van der Waals surface area contributed by atoms with E-state index in [9.17, 15) is 9.59 Å². The fraction of sp³-hybridized carbons (Fsp3) is 0.529. The van der Waals surface area contributed by atoms with Crippen LogP contribution in [0.15, 0.2) is 30.3 Å². The zero-order valence-corrected chi connectivity index (χ0v) is 13.4. The minimum Gasteiger partial charge on any atom is -0.350 e. The third-order valence-electron chi connectivity index (χ3n) is 4.14. The van der Waals surface area contributed by atoms with Crippen LogP contribution in [0.25, 0.3) is 0 Å². The number of likely N-dealkylation sites (tertiary alicyclic amines) is 1. The summed E-state index contributed by atoms with van der Waals surface area (Å²) in [4.78, 5) is 28.4. The number of hydrogen-bond donors (Lipinski definition) is 1. The van der Waals surface area contributed by atoms with Gasteiger partial charge >= 0.3 is 6.03 Å². The highest BCUT2D eigenvalue weighted by molar-refractivity contribution is 5.87. The molecule has 0 radical (unpaired) electrons. The van der Waals surface area contributed by atoms with Crippen LogP contribution in [0.3, 0.4) is 0 Å². The lowest BCUT2D eigenvalue weighted by atomic mass is 10.2. The molecule has 0 unspecified atom stereocenters. The van der Waals surface area contributed by atoms with E-state index in [0.29, 0.717) is 26.2 Å². The van der Waals surface area contributed by atoms with Crippen molar-refractivity contribution in [2.45, 2.75) is 39.3 Å². The molecule has 0 spiro atoms. The fourth-order valence-electron chi connectivity index (χ4n) is 2.85. The van der Waals surface area contributed by atoms with Crippen molar-refractivity contribution in [3.05, 3.63) is 35.9 Å². The number of rotatable bonds is 5. The lowest BCUT2D eigenvalue weighted by Gasteiger charge is -2.30. The number of amides is 3. The van der Waals surface area contributed by atoms with E-state index in [1.54, 1.807) is 9.80 Å². The van der Waals surface area contributed by atoms with Crippen LogP contribution in [0.4, 0.5) is 4.79 Å². The average molecular weight is 303 g/mol. The molecule has 5 heteroatoms. The van der Waals surface area contributed by atoms with Gasteiger partial charge in [-0.05, 0) is 32.3 Å². The van der Waals surface area contributed by atoms with Gasteiger partial charge in [-0.3, -0.25) is 4.79 Å². The highest BCUT2D eigenvalue weighted by atomic mass is 16.2. The summed E-state index contributed by atoms with van der Waals surface area (Å²) in [5.74, 6) is -0.0538. The smallest absolute Gasteiger partial charge is 0.320 e. The van der Waals surface area contributed by atoms with Gasteiger partial charge in [-0.1, -0.05) is 30.3 Å². The molecule has 1 heterocycles. The summed E-state index contributed by atoms with van der Waals surface area (Å²) in [6.45, 7) is 6.43. The summed E-state index contributed by atoms with van der Waals surface area (Å²) < 4.78 is 0. The second-order valence-corrected chi connectivity index (χ2v) is 5.51. The van der Waals surface area contributed by atoms with Gasteiger partial charge in [0.15, 0.2) is 0 Å². The molecule has 0 bridgehead atoms. The first kappa shape index (κ1) is 16.3. The Morgan fingerprint density at radius 2 is 1.91 bits per heavy atom. The summed E-state index contributed by atoms with van der Waals surface area (Å²) in [5.41, 5.74) is 1.07. The predicted octanol–water partition coefficient (Wildman–Crippen LogP) is 2.23. The van der Waals surface area contributed by atoms with E-state index in [0.717, 1.165) is 18.4 Å². The Hall–Kier alpha value is -2.04. The summed E-state index contributed by atoms with van der Waals surface area (Å²) in [5, 5.41) is 2.95. The molecule has 1 N–H and O–H groups in total. The van der Waals surface area contributed by atoms with Gasteiger partial charge in [0.05, 0.1) is 0 Å². The van der Waals surface area contributed by atoms with Gasteiger partial charge in [-0.15, -0.1) is 0 Å². The lowest BCUT2D eigenvalue weighted by Crippen LogP contribution is -2.50. The number of nitrogens with one attached hydrogen (secondary N) is 1. The molecule has 1 atom stereocenters. The van der Waals surface area contributed by atoms with E-state index in [4.69, 9.17) is 0 Å². The van der Waals surface area contributed by atoms with Crippen molar-refractivity contribution in [3.8, 4) is 0 Å². The molecular formula is C17H25N3O2. The second-order valence-electron chi connectivity index (χ2n) is 5.51. The molecule has 1 aromatic rings. The topological polar surface area (TPSA) is 52.7 Å². The zero-order valence-electron chi connectivity index (χ0n) is 13.4. The standard InChI is InChI=1S/C17H25N3O2/c1-3-19(4-2)17(22)20-12-8-11-15(20)16(21)18-13-14-9-6-5-7-10-14/h5-7,9-10,15H,3-4,8,11-13H2,1-2H3,(H,18,21)/t15-/m1/s1. The number of nitrogens with zero attached hydrogens (tertiary/aromatic N) is 2. The average Bonchev–Trinajstić information content (AvgIpc) is 3.04. The highest BCUT2D eigenvalue weighted by Gasteiger charge is 2.35. The number of carbonyl (C=O) groups is 2. The Bertz CT molecular complexity index is 500.